The van der Waals surface area contributed by atoms with E-state index in [1.165, 1.54) is 0 Å². The third kappa shape index (κ3) is 1.41. The van der Waals surface area contributed by atoms with Crippen molar-refractivity contribution in [1.29, 1.82) is 0 Å². The van der Waals surface area contributed by atoms with Crippen molar-refractivity contribution in [3.05, 3.63) is 22.8 Å². The number of aliphatic carboxylic acids is 1. The first-order chi connectivity index (χ1) is 8.56. The smallest absolute Gasteiger partial charge is 0.314 e. The molecule has 1 saturated carbocycles. The fourth-order valence-electron chi connectivity index (χ4n) is 2.68. The van der Waals surface area contributed by atoms with Crippen LogP contribution in [0.2, 0.25) is 0 Å². The molecule has 0 aromatic heterocycles. The van der Waals surface area contributed by atoms with Crippen LogP contribution in [-0.4, -0.2) is 24.3 Å². The quantitative estimate of drug-likeness (QED) is 0.871. The second-order valence-electron chi connectivity index (χ2n) is 5.10. The third-order valence-electron chi connectivity index (χ3n) is 3.99. The monoisotopic (exact) mass is 248 g/mol. The lowest BCUT2D eigenvalue weighted by molar-refractivity contribution is -0.140. The molecule has 1 fully saturated rings. The molecule has 0 bridgehead atoms. The zero-order valence-electron chi connectivity index (χ0n) is 10.6. The van der Waals surface area contributed by atoms with Gasteiger partial charge in [-0.2, -0.15) is 0 Å². The van der Waals surface area contributed by atoms with E-state index in [0.717, 1.165) is 16.7 Å². The van der Waals surface area contributed by atoms with E-state index in [1.54, 1.807) is 0 Å². The number of rotatable bonds is 2. The van der Waals surface area contributed by atoms with Gasteiger partial charge in [-0.05, 0) is 43.9 Å². The first-order valence-electron chi connectivity index (χ1n) is 6.20. The first-order valence-corrected chi connectivity index (χ1v) is 6.20. The maximum Gasteiger partial charge on any atom is 0.314 e. The summed E-state index contributed by atoms with van der Waals surface area (Å²) in [7, 11) is 0. The Bertz CT molecular complexity index is 529. The predicted octanol–water partition coefficient (Wildman–Crippen LogP) is 2.19. The van der Waals surface area contributed by atoms with E-state index in [4.69, 9.17) is 9.47 Å². The molecule has 18 heavy (non-hydrogen) atoms. The van der Waals surface area contributed by atoms with Gasteiger partial charge in [0.15, 0.2) is 11.5 Å². The van der Waals surface area contributed by atoms with Gasteiger partial charge in [0.25, 0.3) is 0 Å². The molecule has 0 spiro atoms. The molecule has 4 nitrogen and oxygen atoms in total. The van der Waals surface area contributed by atoms with Crippen molar-refractivity contribution in [2.24, 2.45) is 0 Å². The van der Waals surface area contributed by atoms with Crippen molar-refractivity contribution in [3.8, 4) is 11.5 Å². The molecule has 1 N–H and O–H groups in total. The molecule has 3 rings (SSSR count). The van der Waals surface area contributed by atoms with E-state index in [-0.39, 0.29) is 0 Å². The summed E-state index contributed by atoms with van der Waals surface area (Å²) in [6.07, 6.45) is 1.37. The van der Waals surface area contributed by atoms with Crippen LogP contribution in [0.3, 0.4) is 0 Å². The van der Waals surface area contributed by atoms with Gasteiger partial charge in [0, 0.05) is 5.56 Å². The minimum Gasteiger partial charge on any atom is -0.486 e. The highest BCUT2D eigenvalue weighted by Crippen LogP contribution is 2.55. The number of hydrogen-bond acceptors (Lipinski definition) is 3. The zero-order valence-corrected chi connectivity index (χ0v) is 10.6. The summed E-state index contributed by atoms with van der Waals surface area (Å²) in [5.41, 5.74) is 2.14. The van der Waals surface area contributed by atoms with E-state index in [2.05, 4.69) is 0 Å². The minimum absolute atomic E-state index is 0.484. The van der Waals surface area contributed by atoms with Gasteiger partial charge in [-0.3, -0.25) is 4.79 Å². The molecule has 1 aromatic carbocycles. The number of fused-ring (bicyclic) bond motifs is 1. The Morgan fingerprint density at radius 3 is 2.56 bits per heavy atom. The number of carboxylic acids is 1. The molecular weight excluding hydrogens is 232 g/mol. The van der Waals surface area contributed by atoms with Crippen LogP contribution in [0, 0.1) is 13.8 Å². The van der Waals surface area contributed by atoms with E-state index in [1.807, 2.05) is 19.9 Å². The predicted molar refractivity (Wildman–Crippen MR) is 65.5 cm³/mol. The maximum atomic E-state index is 11.5. The molecule has 96 valence electrons. The van der Waals surface area contributed by atoms with Gasteiger partial charge < -0.3 is 14.6 Å². The molecule has 4 heteroatoms. The van der Waals surface area contributed by atoms with Crippen LogP contribution in [0.4, 0.5) is 0 Å². The summed E-state index contributed by atoms with van der Waals surface area (Å²) in [6.45, 7) is 4.95. The van der Waals surface area contributed by atoms with Gasteiger partial charge in [0.1, 0.15) is 13.2 Å². The van der Waals surface area contributed by atoms with Crippen LogP contribution in [0.5, 0.6) is 11.5 Å². The Labute approximate surface area is 106 Å². The number of ether oxygens (including phenoxy) is 2. The Hall–Kier alpha value is -1.71. The highest BCUT2D eigenvalue weighted by Gasteiger charge is 2.55. The van der Waals surface area contributed by atoms with Crippen LogP contribution in [0.1, 0.15) is 29.5 Å². The summed E-state index contributed by atoms with van der Waals surface area (Å²) in [5, 5.41) is 9.48. The molecule has 1 aliphatic carbocycles. The molecule has 0 amide bonds. The van der Waals surface area contributed by atoms with Gasteiger partial charge in [-0.15, -0.1) is 0 Å². The lowest BCUT2D eigenvalue weighted by atomic mass is 9.88. The molecule has 1 heterocycles. The number of hydrogen-bond donors (Lipinski definition) is 1. The highest BCUT2D eigenvalue weighted by atomic mass is 16.6. The van der Waals surface area contributed by atoms with Gasteiger partial charge in [-0.1, -0.05) is 0 Å². The first kappa shape index (κ1) is 11.4. The molecule has 0 atom stereocenters. The van der Waals surface area contributed by atoms with Crippen LogP contribution in [0.15, 0.2) is 6.07 Å². The second kappa shape index (κ2) is 3.64. The molecule has 0 radical (unpaired) electrons. The highest BCUT2D eigenvalue weighted by molar-refractivity contribution is 5.87. The average molecular weight is 248 g/mol. The molecule has 0 saturated heterocycles. The minimum atomic E-state index is -0.757. The summed E-state index contributed by atoms with van der Waals surface area (Å²) >= 11 is 0. The van der Waals surface area contributed by atoms with Crippen molar-refractivity contribution in [2.45, 2.75) is 32.1 Å². The van der Waals surface area contributed by atoms with Crippen LogP contribution >= 0.6 is 0 Å². The van der Waals surface area contributed by atoms with Crippen molar-refractivity contribution >= 4 is 5.97 Å². The van der Waals surface area contributed by atoms with E-state index < -0.39 is 11.4 Å². The lowest BCUT2D eigenvalue weighted by Gasteiger charge is -2.26. The average Bonchev–Trinajstić information content (AvgIpc) is 3.12. The summed E-state index contributed by atoms with van der Waals surface area (Å²) in [6, 6.07) is 1.94. The van der Waals surface area contributed by atoms with Crippen LogP contribution < -0.4 is 9.47 Å². The molecular formula is C14H16O4. The second-order valence-corrected chi connectivity index (χ2v) is 5.10. The van der Waals surface area contributed by atoms with Crippen molar-refractivity contribution < 1.29 is 19.4 Å². The van der Waals surface area contributed by atoms with Crippen molar-refractivity contribution in [2.75, 3.05) is 13.2 Å². The van der Waals surface area contributed by atoms with Crippen molar-refractivity contribution in [1.82, 2.24) is 0 Å². The summed E-state index contributed by atoms with van der Waals surface area (Å²) in [4.78, 5) is 11.5. The molecule has 1 aliphatic heterocycles. The number of carboxylic acid groups (broad SMARTS) is 1. The van der Waals surface area contributed by atoms with E-state index in [9.17, 15) is 9.90 Å². The zero-order chi connectivity index (χ0) is 12.9. The normalized spacial score (nSPS) is 19.4. The summed E-state index contributed by atoms with van der Waals surface area (Å²) < 4.78 is 11.3. The molecule has 0 unspecified atom stereocenters. The molecule has 2 aliphatic rings. The lowest BCUT2D eigenvalue weighted by Crippen LogP contribution is -2.25. The standard InChI is InChI=1S/C14H16O4/c1-8-7-10-12(18-6-5-17-10)11(9(8)2)14(3-4-14)13(15)16/h7H,3-6H2,1-2H3,(H,15,16). The third-order valence-corrected chi connectivity index (χ3v) is 3.99. The van der Waals surface area contributed by atoms with E-state index in [0.29, 0.717) is 37.6 Å². The Balaban J connectivity index is 2.24. The Morgan fingerprint density at radius 2 is 1.94 bits per heavy atom. The van der Waals surface area contributed by atoms with Gasteiger partial charge in [-0.25, -0.2) is 0 Å². The fourth-order valence-corrected chi connectivity index (χ4v) is 2.68. The van der Waals surface area contributed by atoms with Gasteiger partial charge in [0.2, 0.25) is 0 Å². The maximum absolute atomic E-state index is 11.5. The SMILES string of the molecule is Cc1cc2c(c(C3(C(=O)O)CC3)c1C)OCCO2. The molecule has 1 aromatic rings. The van der Waals surface area contributed by atoms with Crippen LogP contribution in [0.25, 0.3) is 0 Å². The van der Waals surface area contributed by atoms with Crippen molar-refractivity contribution in [3.63, 3.8) is 0 Å². The fraction of sp³-hybridized carbons (Fsp3) is 0.500. The topological polar surface area (TPSA) is 55.8 Å². The van der Waals surface area contributed by atoms with Gasteiger partial charge in [0.05, 0.1) is 5.41 Å². The largest absolute Gasteiger partial charge is 0.486 e. The summed E-state index contributed by atoms with van der Waals surface area (Å²) in [5.74, 6) is 0.573. The van der Waals surface area contributed by atoms with Crippen LogP contribution in [-0.2, 0) is 10.2 Å². The number of benzene rings is 1. The Kier molecular flexibility index (Phi) is 2.30. The number of carbonyl (C=O) groups is 1. The van der Waals surface area contributed by atoms with Gasteiger partial charge >= 0.3 is 5.97 Å². The Morgan fingerprint density at radius 1 is 1.28 bits per heavy atom. The number of aryl methyl sites for hydroxylation is 1. The van der Waals surface area contributed by atoms with E-state index >= 15 is 0 Å².